The van der Waals surface area contributed by atoms with E-state index in [0.29, 0.717) is 23.8 Å². The molecule has 0 radical (unpaired) electrons. The van der Waals surface area contributed by atoms with E-state index in [2.05, 4.69) is 10.6 Å². The topological polar surface area (TPSA) is 50.4 Å². The molecule has 1 aliphatic rings. The molecule has 0 aromatic heterocycles. The zero-order valence-corrected chi connectivity index (χ0v) is 13.7. The summed E-state index contributed by atoms with van der Waals surface area (Å²) in [5, 5.41) is 6.21. The number of carbonyl (C=O) groups is 1. The molecular formula is C19H20F2N2O2. The van der Waals surface area contributed by atoms with Crippen LogP contribution >= 0.6 is 0 Å². The molecule has 0 aliphatic carbocycles. The molecule has 0 spiro atoms. The van der Waals surface area contributed by atoms with Crippen molar-refractivity contribution in [2.24, 2.45) is 5.92 Å². The van der Waals surface area contributed by atoms with Crippen molar-refractivity contribution < 1.29 is 18.3 Å². The van der Waals surface area contributed by atoms with Crippen LogP contribution in [0.15, 0.2) is 42.5 Å². The van der Waals surface area contributed by atoms with Crippen LogP contribution in [-0.2, 0) is 0 Å². The maximum absolute atomic E-state index is 13.2. The van der Waals surface area contributed by atoms with E-state index in [1.165, 1.54) is 6.07 Å². The van der Waals surface area contributed by atoms with Crippen LogP contribution in [-0.4, -0.2) is 25.5 Å². The standard InChI is InChI=1S/C19H20F2N2O2/c20-17-6-5-16(11-18(17)21)25-15-3-1-14(2-4-15)19(24)23-10-8-13-7-9-22-12-13/h1-6,11,13,22H,7-10,12H2,(H,23,24). The zero-order chi connectivity index (χ0) is 17.6. The van der Waals surface area contributed by atoms with Crippen LogP contribution in [0.25, 0.3) is 0 Å². The van der Waals surface area contributed by atoms with E-state index >= 15 is 0 Å². The summed E-state index contributed by atoms with van der Waals surface area (Å²) in [6, 6.07) is 9.86. The molecule has 1 unspecified atom stereocenters. The number of hydrogen-bond acceptors (Lipinski definition) is 3. The highest BCUT2D eigenvalue weighted by atomic mass is 19.2. The molecule has 1 saturated heterocycles. The monoisotopic (exact) mass is 346 g/mol. The second kappa shape index (κ2) is 8.07. The molecule has 4 nitrogen and oxygen atoms in total. The van der Waals surface area contributed by atoms with Crippen LogP contribution in [0.4, 0.5) is 8.78 Å². The van der Waals surface area contributed by atoms with Gasteiger partial charge in [-0.15, -0.1) is 0 Å². The number of hydrogen-bond donors (Lipinski definition) is 2. The van der Waals surface area contributed by atoms with Gasteiger partial charge in [0.2, 0.25) is 0 Å². The number of carbonyl (C=O) groups excluding carboxylic acids is 1. The van der Waals surface area contributed by atoms with Gasteiger partial charge in [-0.1, -0.05) is 0 Å². The van der Waals surface area contributed by atoms with E-state index in [1.54, 1.807) is 24.3 Å². The van der Waals surface area contributed by atoms with E-state index in [1.807, 2.05) is 0 Å². The summed E-state index contributed by atoms with van der Waals surface area (Å²) in [5.41, 5.74) is 0.530. The van der Waals surface area contributed by atoms with Gasteiger partial charge >= 0.3 is 0 Å². The van der Waals surface area contributed by atoms with Crippen LogP contribution in [0.3, 0.4) is 0 Å². The first-order valence-electron chi connectivity index (χ1n) is 8.34. The Morgan fingerprint density at radius 2 is 1.88 bits per heavy atom. The third kappa shape index (κ3) is 4.76. The largest absolute Gasteiger partial charge is 0.457 e. The summed E-state index contributed by atoms with van der Waals surface area (Å²) < 4.78 is 31.5. The normalized spacial score (nSPS) is 16.6. The predicted octanol–water partition coefficient (Wildman–Crippen LogP) is 3.49. The van der Waals surface area contributed by atoms with Crippen LogP contribution in [0, 0.1) is 17.6 Å². The fourth-order valence-electron chi connectivity index (χ4n) is 2.80. The molecule has 1 atom stereocenters. The van der Waals surface area contributed by atoms with Gasteiger partial charge in [-0.25, -0.2) is 8.78 Å². The van der Waals surface area contributed by atoms with Gasteiger partial charge in [0.1, 0.15) is 11.5 Å². The predicted molar refractivity (Wildman–Crippen MR) is 90.8 cm³/mol. The highest BCUT2D eigenvalue weighted by Gasteiger charge is 2.14. The number of nitrogens with one attached hydrogen (secondary N) is 2. The molecular weight excluding hydrogens is 326 g/mol. The van der Waals surface area contributed by atoms with E-state index in [4.69, 9.17) is 4.74 Å². The molecule has 1 fully saturated rings. The molecule has 2 aromatic carbocycles. The summed E-state index contributed by atoms with van der Waals surface area (Å²) >= 11 is 0. The van der Waals surface area contributed by atoms with Gasteiger partial charge in [-0.3, -0.25) is 4.79 Å². The third-order valence-electron chi connectivity index (χ3n) is 4.24. The highest BCUT2D eigenvalue weighted by molar-refractivity contribution is 5.94. The fraction of sp³-hybridized carbons (Fsp3) is 0.316. The maximum Gasteiger partial charge on any atom is 0.251 e. The van der Waals surface area contributed by atoms with E-state index in [-0.39, 0.29) is 11.7 Å². The minimum atomic E-state index is -0.967. The Morgan fingerprint density at radius 3 is 2.56 bits per heavy atom. The molecule has 25 heavy (non-hydrogen) atoms. The Morgan fingerprint density at radius 1 is 1.12 bits per heavy atom. The quantitative estimate of drug-likeness (QED) is 0.842. The minimum Gasteiger partial charge on any atom is -0.457 e. The number of rotatable bonds is 6. The number of benzene rings is 2. The highest BCUT2D eigenvalue weighted by Crippen LogP contribution is 2.23. The van der Waals surface area contributed by atoms with E-state index < -0.39 is 11.6 Å². The first kappa shape index (κ1) is 17.4. The van der Waals surface area contributed by atoms with Crippen molar-refractivity contribution in [2.75, 3.05) is 19.6 Å². The molecule has 1 heterocycles. The van der Waals surface area contributed by atoms with Gasteiger partial charge in [-0.2, -0.15) is 0 Å². The van der Waals surface area contributed by atoms with Gasteiger partial charge in [0.25, 0.3) is 5.91 Å². The summed E-state index contributed by atoms with van der Waals surface area (Å²) in [7, 11) is 0. The lowest BCUT2D eigenvalue weighted by molar-refractivity contribution is 0.0951. The number of halogens is 2. The van der Waals surface area contributed by atoms with E-state index in [9.17, 15) is 13.6 Å². The lowest BCUT2D eigenvalue weighted by Gasteiger charge is -2.10. The smallest absolute Gasteiger partial charge is 0.251 e. The van der Waals surface area contributed by atoms with Crippen molar-refractivity contribution in [2.45, 2.75) is 12.8 Å². The molecule has 0 saturated carbocycles. The summed E-state index contributed by atoms with van der Waals surface area (Å²) in [5.74, 6) is -0.753. The molecule has 1 aliphatic heterocycles. The maximum atomic E-state index is 13.2. The SMILES string of the molecule is O=C(NCCC1CCNC1)c1ccc(Oc2ccc(F)c(F)c2)cc1. The van der Waals surface area contributed by atoms with Crippen molar-refractivity contribution in [3.8, 4) is 11.5 Å². The van der Waals surface area contributed by atoms with Crippen molar-refractivity contribution >= 4 is 5.91 Å². The van der Waals surface area contributed by atoms with E-state index in [0.717, 1.165) is 38.1 Å². The fourth-order valence-corrected chi connectivity index (χ4v) is 2.80. The Kier molecular flexibility index (Phi) is 5.60. The van der Waals surface area contributed by atoms with Crippen LogP contribution in [0.5, 0.6) is 11.5 Å². The summed E-state index contributed by atoms with van der Waals surface area (Å²) in [6.45, 7) is 2.72. The Balaban J connectivity index is 1.52. The van der Waals surface area contributed by atoms with Crippen LogP contribution in [0.2, 0.25) is 0 Å². The zero-order valence-electron chi connectivity index (χ0n) is 13.7. The first-order valence-corrected chi connectivity index (χ1v) is 8.34. The molecule has 132 valence electrons. The van der Waals surface area contributed by atoms with Crippen LogP contribution in [0.1, 0.15) is 23.2 Å². The lowest BCUT2D eigenvalue weighted by atomic mass is 10.1. The molecule has 6 heteroatoms. The van der Waals surface area contributed by atoms with Gasteiger partial charge in [0.15, 0.2) is 11.6 Å². The molecule has 0 bridgehead atoms. The molecule has 1 amide bonds. The van der Waals surface area contributed by atoms with Crippen molar-refractivity contribution in [1.82, 2.24) is 10.6 Å². The first-order chi connectivity index (χ1) is 12.1. The average molecular weight is 346 g/mol. The van der Waals surface area contributed by atoms with Gasteiger partial charge in [-0.05, 0) is 68.2 Å². The molecule has 3 rings (SSSR count). The Bertz CT molecular complexity index is 729. The summed E-state index contributed by atoms with van der Waals surface area (Å²) in [4.78, 5) is 12.1. The summed E-state index contributed by atoms with van der Waals surface area (Å²) in [6.07, 6.45) is 2.13. The number of amides is 1. The van der Waals surface area contributed by atoms with Crippen molar-refractivity contribution in [1.29, 1.82) is 0 Å². The minimum absolute atomic E-state index is 0.134. The Hall–Kier alpha value is -2.47. The second-order valence-electron chi connectivity index (χ2n) is 6.11. The van der Waals surface area contributed by atoms with Crippen molar-refractivity contribution in [3.05, 3.63) is 59.7 Å². The molecule has 2 aromatic rings. The average Bonchev–Trinajstić information content (AvgIpc) is 3.12. The van der Waals surface area contributed by atoms with Gasteiger partial charge in [0.05, 0.1) is 0 Å². The number of ether oxygens (including phenoxy) is 1. The lowest BCUT2D eigenvalue weighted by Crippen LogP contribution is -2.26. The third-order valence-corrected chi connectivity index (χ3v) is 4.24. The van der Waals surface area contributed by atoms with Crippen molar-refractivity contribution in [3.63, 3.8) is 0 Å². The Labute approximate surface area is 145 Å². The van der Waals surface area contributed by atoms with Crippen LogP contribution < -0.4 is 15.4 Å². The van der Waals surface area contributed by atoms with Gasteiger partial charge < -0.3 is 15.4 Å². The second-order valence-corrected chi connectivity index (χ2v) is 6.11. The molecule has 2 N–H and O–H groups in total. The van der Waals surface area contributed by atoms with Gasteiger partial charge in [0, 0.05) is 18.2 Å².